The van der Waals surface area contributed by atoms with Gasteiger partial charge in [0.2, 0.25) is 0 Å². The van der Waals surface area contributed by atoms with Crippen LogP contribution in [0.15, 0.2) is 52.7 Å². The zero-order chi connectivity index (χ0) is 20.7. The van der Waals surface area contributed by atoms with Gasteiger partial charge in [-0.3, -0.25) is 4.79 Å². The number of aryl methyl sites for hydroxylation is 1. The zero-order valence-electron chi connectivity index (χ0n) is 17.0. The van der Waals surface area contributed by atoms with Crippen LogP contribution in [0.4, 0.5) is 0 Å². The molecular weight excluding hydrogens is 402 g/mol. The monoisotopic (exact) mass is 427 g/mol. The molecule has 3 atom stereocenters. The molecule has 0 aromatic carbocycles. The molecule has 1 aliphatic carbocycles. The van der Waals surface area contributed by atoms with Crippen molar-refractivity contribution < 1.29 is 14.3 Å². The Morgan fingerprint density at radius 2 is 1.97 bits per heavy atom. The van der Waals surface area contributed by atoms with Crippen molar-refractivity contribution in [2.45, 2.75) is 52.1 Å². The molecule has 152 valence electrons. The van der Waals surface area contributed by atoms with Crippen molar-refractivity contribution >= 4 is 34.4 Å². The number of hydrogen-bond acceptors (Lipinski definition) is 6. The minimum atomic E-state index is -0.373. The third kappa shape index (κ3) is 3.83. The molecule has 2 aromatic heterocycles. The van der Waals surface area contributed by atoms with Gasteiger partial charge in [0.15, 0.2) is 0 Å². The van der Waals surface area contributed by atoms with E-state index in [1.54, 1.807) is 22.7 Å². The quantitative estimate of drug-likeness (QED) is 0.674. The van der Waals surface area contributed by atoms with E-state index in [1.165, 1.54) is 4.88 Å². The van der Waals surface area contributed by atoms with Crippen LogP contribution < -0.4 is 5.32 Å². The molecule has 3 unspecified atom stereocenters. The van der Waals surface area contributed by atoms with E-state index >= 15 is 0 Å². The Balaban J connectivity index is 1.81. The number of allylic oxidation sites excluding steroid dienone is 3. The van der Waals surface area contributed by atoms with Crippen molar-refractivity contribution in [2.75, 3.05) is 0 Å². The van der Waals surface area contributed by atoms with Gasteiger partial charge in [-0.25, -0.2) is 4.79 Å². The number of thiophene rings is 2. The molecule has 1 aliphatic heterocycles. The summed E-state index contributed by atoms with van der Waals surface area (Å²) in [6, 6.07) is 8.19. The molecule has 0 saturated heterocycles. The van der Waals surface area contributed by atoms with Gasteiger partial charge in [-0.1, -0.05) is 12.1 Å². The van der Waals surface area contributed by atoms with Crippen molar-refractivity contribution in [3.8, 4) is 0 Å². The number of carbonyl (C=O) groups is 2. The van der Waals surface area contributed by atoms with E-state index in [9.17, 15) is 9.59 Å². The van der Waals surface area contributed by atoms with E-state index in [0.717, 1.165) is 21.1 Å². The lowest BCUT2D eigenvalue weighted by molar-refractivity contribution is -0.143. The molecule has 0 radical (unpaired) electrons. The van der Waals surface area contributed by atoms with E-state index in [2.05, 4.69) is 17.5 Å². The van der Waals surface area contributed by atoms with Gasteiger partial charge in [0, 0.05) is 44.3 Å². The van der Waals surface area contributed by atoms with E-state index < -0.39 is 0 Å². The normalized spacial score (nSPS) is 24.2. The van der Waals surface area contributed by atoms with E-state index in [-0.39, 0.29) is 35.6 Å². The number of fused-ring (bicyclic) bond motifs is 1. The van der Waals surface area contributed by atoms with Gasteiger partial charge in [0.05, 0.1) is 17.6 Å². The standard InChI is InChI=1S/C23H25NO3S2/c1-12(2)27-23(26)20-14(4)24-16-10-15(18-6-5-9-28-18)11-17(25)21(16)22(20)19-8-7-13(3)29-19/h5-10,12,15,21-22,24H,11H2,1-4H3. The second-order valence-electron chi connectivity index (χ2n) is 7.94. The molecule has 2 aromatic rings. The fourth-order valence-corrected chi connectivity index (χ4v) is 6.06. The fraction of sp³-hybridized carbons (Fsp3) is 0.391. The number of Topliss-reactive ketones (excluding diaryl/α,β-unsaturated/α-hetero) is 1. The third-order valence-electron chi connectivity index (χ3n) is 5.40. The van der Waals surface area contributed by atoms with Gasteiger partial charge >= 0.3 is 5.97 Å². The summed E-state index contributed by atoms with van der Waals surface area (Å²) in [4.78, 5) is 29.8. The molecule has 2 aliphatic rings. The summed E-state index contributed by atoms with van der Waals surface area (Å²) in [5, 5.41) is 5.42. The van der Waals surface area contributed by atoms with Crippen molar-refractivity contribution in [1.82, 2.24) is 5.32 Å². The molecule has 0 bridgehead atoms. The molecule has 0 spiro atoms. The number of ether oxygens (including phenoxy) is 1. The lowest BCUT2D eigenvalue weighted by atomic mass is 9.71. The minimum absolute atomic E-state index is 0.0870. The Bertz CT molecular complexity index is 997. The van der Waals surface area contributed by atoms with Crippen molar-refractivity contribution in [3.63, 3.8) is 0 Å². The highest BCUT2D eigenvalue weighted by Crippen LogP contribution is 2.48. The Kier molecular flexibility index (Phi) is 5.49. The largest absolute Gasteiger partial charge is 0.460 e. The summed E-state index contributed by atoms with van der Waals surface area (Å²) in [7, 11) is 0. The number of esters is 1. The maximum absolute atomic E-state index is 13.4. The third-order valence-corrected chi connectivity index (χ3v) is 7.49. The van der Waals surface area contributed by atoms with Crippen LogP contribution in [0.5, 0.6) is 0 Å². The Hall–Kier alpha value is -2.18. The highest BCUT2D eigenvalue weighted by Gasteiger charge is 2.45. The summed E-state index contributed by atoms with van der Waals surface area (Å²) >= 11 is 3.32. The predicted molar refractivity (Wildman–Crippen MR) is 117 cm³/mol. The Labute approximate surface area is 179 Å². The van der Waals surface area contributed by atoms with Gasteiger partial charge in [0.25, 0.3) is 0 Å². The van der Waals surface area contributed by atoms with Gasteiger partial charge in [0.1, 0.15) is 5.78 Å². The summed E-state index contributed by atoms with van der Waals surface area (Å²) < 4.78 is 5.55. The highest BCUT2D eigenvalue weighted by molar-refractivity contribution is 7.12. The first kappa shape index (κ1) is 20.1. The molecule has 4 nitrogen and oxygen atoms in total. The minimum Gasteiger partial charge on any atom is -0.460 e. The van der Waals surface area contributed by atoms with Crippen LogP contribution in [0.3, 0.4) is 0 Å². The van der Waals surface area contributed by atoms with Crippen LogP contribution in [0.2, 0.25) is 0 Å². The van der Waals surface area contributed by atoms with Gasteiger partial charge in [-0.2, -0.15) is 0 Å². The van der Waals surface area contributed by atoms with E-state index in [1.807, 2.05) is 51.3 Å². The first-order valence-electron chi connectivity index (χ1n) is 9.88. The molecular formula is C23H25NO3S2. The van der Waals surface area contributed by atoms with Crippen LogP contribution in [0.25, 0.3) is 0 Å². The van der Waals surface area contributed by atoms with Gasteiger partial charge in [-0.05, 0) is 51.3 Å². The smallest absolute Gasteiger partial charge is 0.336 e. The lowest BCUT2D eigenvalue weighted by Crippen LogP contribution is -2.41. The lowest BCUT2D eigenvalue weighted by Gasteiger charge is -2.39. The molecule has 6 heteroatoms. The van der Waals surface area contributed by atoms with Crippen molar-refractivity contribution in [2.24, 2.45) is 5.92 Å². The number of ketones is 1. The summed E-state index contributed by atoms with van der Waals surface area (Å²) in [5.74, 6) is -0.754. The zero-order valence-corrected chi connectivity index (χ0v) is 18.7. The Morgan fingerprint density at radius 1 is 1.17 bits per heavy atom. The fourth-order valence-electron chi connectivity index (χ4n) is 4.23. The van der Waals surface area contributed by atoms with Crippen LogP contribution in [-0.4, -0.2) is 17.9 Å². The predicted octanol–water partition coefficient (Wildman–Crippen LogP) is 5.29. The molecule has 0 fully saturated rings. The molecule has 29 heavy (non-hydrogen) atoms. The Morgan fingerprint density at radius 3 is 2.59 bits per heavy atom. The number of hydrogen-bond donors (Lipinski definition) is 1. The first-order chi connectivity index (χ1) is 13.8. The molecule has 1 N–H and O–H groups in total. The first-order valence-corrected chi connectivity index (χ1v) is 11.6. The molecule has 0 amide bonds. The van der Waals surface area contributed by atoms with Gasteiger partial charge < -0.3 is 10.1 Å². The number of rotatable bonds is 4. The molecule has 4 rings (SSSR count). The second kappa shape index (κ2) is 7.92. The summed E-state index contributed by atoms with van der Waals surface area (Å²) in [6.45, 7) is 7.64. The number of carbonyl (C=O) groups excluding carboxylic acids is 2. The van der Waals surface area contributed by atoms with Crippen LogP contribution in [-0.2, 0) is 14.3 Å². The molecule has 3 heterocycles. The number of nitrogens with one attached hydrogen (secondary N) is 1. The van der Waals surface area contributed by atoms with Crippen LogP contribution >= 0.6 is 22.7 Å². The highest BCUT2D eigenvalue weighted by atomic mass is 32.1. The summed E-state index contributed by atoms with van der Waals surface area (Å²) in [5.41, 5.74) is 2.26. The maximum atomic E-state index is 13.4. The molecule has 0 saturated carbocycles. The van der Waals surface area contributed by atoms with Crippen molar-refractivity contribution in [1.29, 1.82) is 0 Å². The SMILES string of the molecule is CC1=C(C(=O)OC(C)C)C(c2ccc(C)s2)C2C(=O)CC(c3cccs3)C=C2N1. The average molecular weight is 428 g/mol. The van der Waals surface area contributed by atoms with Crippen molar-refractivity contribution in [3.05, 3.63) is 67.3 Å². The van der Waals surface area contributed by atoms with E-state index in [0.29, 0.717) is 12.0 Å². The maximum Gasteiger partial charge on any atom is 0.336 e. The van der Waals surface area contributed by atoms with Crippen LogP contribution in [0, 0.1) is 12.8 Å². The van der Waals surface area contributed by atoms with Crippen LogP contribution in [0.1, 0.15) is 53.7 Å². The average Bonchev–Trinajstić information content (AvgIpc) is 3.31. The summed E-state index contributed by atoms with van der Waals surface area (Å²) in [6.07, 6.45) is 2.43. The van der Waals surface area contributed by atoms with Gasteiger partial charge in [-0.15, -0.1) is 22.7 Å². The second-order valence-corrected chi connectivity index (χ2v) is 10.2. The topological polar surface area (TPSA) is 55.4 Å². The van der Waals surface area contributed by atoms with E-state index in [4.69, 9.17) is 4.74 Å².